The minimum absolute atomic E-state index is 0.0213. The summed E-state index contributed by atoms with van der Waals surface area (Å²) in [5, 5.41) is 0. The smallest absolute Gasteiger partial charge is 0.338 e. The van der Waals surface area contributed by atoms with E-state index in [0.717, 1.165) is 22.7 Å². The summed E-state index contributed by atoms with van der Waals surface area (Å²) in [5.41, 5.74) is 0.407. The molecule has 1 aromatic rings. The zero-order valence-electron chi connectivity index (χ0n) is 10.3. The monoisotopic (exact) mass is 275 g/mol. The van der Waals surface area contributed by atoms with Crippen molar-refractivity contribution in [2.45, 2.75) is 6.54 Å². The molecule has 0 saturated carbocycles. The number of ether oxygens (including phenoxy) is 1. The summed E-state index contributed by atoms with van der Waals surface area (Å²) in [6.07, 6.45) is 1.05. The van der Waals surface area contributed by atoms with Crippen LogP contribution in [0.15, 0.2) is 18.2 Å². The molecule has 1 aromatic carbocycles. The zero-order valence-corrected chi connectivity index (χ0v) is 11.1. The lowest BCUT2D eigenvalue weighted by molar-refractivity contribution is 0.0598. The van der Waals surface area contributed by atoms with E-state index in [1.807, 2.05) is 0 Å². The van der Waals surface area contributed by atoms with Gasteiger partial charge in [0.25, 0.3) is 0 Å². The maximum absolute atomic E-state index is 13.1. The molecule has 0 atom stereocenters. The van der Waals surface area contributed by atoms with Gasteiger partial charge in [0.05, 0.1) is 18.9 Å². The molecule has 0 bridgehead atoms. The number of carbonyl (C=O) groups is 1. The predicted octanol–water partition coefficient (Wildman–Crippen LogP) is 1.00. The third kappa shape index (κ3) is 3.51. The van der Waals surface area contributed by atoms with Crippen LogP contribution in [0.3, 0.4) is 0 Å². The van der Waals surface area contributed by atoms with Crippen molar-refractivity contribution in [1.29, 1.82) is 0 Å². The molecule has 7 heteroatoms. The Morgan fingerprint density at radius 2 is 2.06 bits per heavy atom. The standard InChI is InChI=1S/C11H14FNO4S/c1-13(18(3,15)16)7-8-4-5-9(12)6-10(8)11(14)17-2/h4-6H,7H2,1-3H3. The molecule has 0 amide bonds. The van der Waals surface area contributed by atoms with Crippen molar-refractivity contribution >= 4 is 16.0 Å². The number of carbonyl (C=O) groups excluding carboxylic acids is 1. The minimum Gasteiger partial charge on any atom is -0.465 e. The van der Waals surface area contributed by atoms with Gasteiger partial charge in [0.1, 0.15) is 5.82 Å². The Balaban J connectivity index is 3.13. The van der Waals surface area contributed by atoms with Crippen molar-refractivity contribution in [3.05, 3.63) is 35.1 Å². The van der Waals surface area contributed by atoms with Crippen LogP contribution >= 0.6 is 0 Å². The number of hydrogen-bond acceptors (Lipinski definition) is 4. The summed E-state index contributed by atoms with van der Waals surface area (Å²) in [5.74, 6) is -1.28. The highest BCUT2D eigenvalue weighted by Gasteiger charge is 2.17. The molecule has 0 unspecified atom stereocenters. The van der Waals surface area contributed by atoms with Crippen molar-refractivity contribution < 1.29 is 22.3 Å². The quantitative estimate of drug-likeness (QED) is 0.769. The average molecular weight is 275 g/mol. The highest BCUT2D eigenvalue weighted by Crippen LogP contribution is 2.15. The van der Waals surface area contributed by atoms with Crippen LogP contribution in [0.2, 0.25) is 0 Å². The fourth-order valence-electron chi connectivity index (χ4n) is 1.34. The van der Waals surface area contributed by atoms with Gasteiger partial charge in [0.2, 0.25) is 10.0 Å². The predicted molar refractivity (Wildman–Crippen MR) is 64.1 cm³/mol. The number of rotatable bonds is 4. The second-order valence-corrected chi connectivity index (χ2v) is 5.90. The number of benzene rings is 1. The molecule has 5 nitrogen and oxygen atoms in total. The minimum atomic E-state index is -3.37. The maximum Gasteiger partial charge on any atom is 0.338 e. The van der Waals surface area contributed by atoms with Gasteiger partial charge in [-0.05, 0) is 17.7 Å². The van der Waals surface area contributed by atoms with Gasteiger partial charge in [0, 0.05) is 13.6 Å². The Labute approximate surface area is 105 Å². The molecule has 0 saturated heterocycles. The van der Waals surface area contributed by atoms with E-state index in [4.69, 9.17) is 0 Å². The average Bonchev–Trinajstić information content (AvgIpc) is 2.29. The number of esters is 1. The van der Waals surface area contributed by atoms with Crippen LogP contribution in [-0.4, -0.2) is 39.1 Å². The van der Waals surface area contributed by atoms with Crippen molar-refractivity contribution in [1.82, 2.24) is 4.31 Å². The van der Waals surface area contributed by atoms with E-state index in [1.165, 1.54) is 20.2 Å². The highest BCUT2D eigenvalue weighted by atomic mass is 32.2. The van der Waals surface area contributed by atoms with Gasteiger partial charge in [-0.1, -0.05) is 6.07 Å². The first-order valence-corrected chi connectivity index (χ1v) is 6.88. The fourth-order valence-corrected chi connectivity index (χ4v) is 1.72. The van der Waals surface area contributed by atoms with Gasteiger partial charge in [0.15, 0.2) is 0 Å². The third-order valence-corrected chi connectivity index (χ3v) is 3.70. The third-order valence-electron chi connectivity index (χ3n) is 2.44. The van der Waals surface area contributed by atoms with E-state index in [-0.39, 0.29) is 12.1 Å². The van der Waals surface area contributed by atoms with Gasteiger partial charge in [-0.3, -0.25) is 0 Å². The molecule has 0 aliphatic rings. The van der Waals surface area contributed by atoms with E-state index < -0.39 is 21.8 Å². The second kappa shape index (κ2) is 5.45. The fraction of sp³-hybridized carbons (Fsp3) is 0.364. The Kier molecular flexibility index (Phi) is 4.42. The Morgan fingerprint density at radius 3 is 2.56 bits per heavy atom. The molecule has 0 aromatic heterocycles. The molecule has 0 aliphatic heterocycles. The normalized spacial score (nSPS) is 11.6. The number of nitrogens with zero attached hydrogens (tertiary/aromatic N) is 1. The highest BCUT2D eigenvalue weighted by molar-refractivity contribution is 7.88. The van der Waals surface area contributed by atoms with Gasteiger partial charge in [-0.15, -0.1) is 0 Å². The molecule has 0 aliphatic carbocycles. The van der Waals surface area contributed by atoms with Gasteiger partial charge in [-0.25, -0.2) is 21.9 Å². The van der Waals surface area contributed by atoms with E-state index in [9.17, 15) is 17.6 Å². The molecule has 1 rings (SSSR count). The summed E-state index contributed by atoms with van der Waals surface area (Å²) in [7, 11) is -0.820. The first-order chi connectivity index (χ1) is 8.25. The summed E-state index contributed by atoms with van der Waals surface area (Å²) < 4.78 is 41.2. The summed E-state index contributed by atoms with van der Waals surface area (Å²) >= 11 is 0. The SMILES string of the molecule is COC(=O)c1cc(F)ccc1CN(C)S(C)(=O)=O. The van der Waals surface area contributed by atoms with Crippen LogP contribution in [0.4, 0.5) is 4.39 Å². The number of halogens is 1. The molecule has 0 spiro atoms. The van der Waals surface area contributed by atoms with Crippen LogP contribution in [0, 0.1) is 5.82 Å². The molecule has 0 heterocycles. The van der Waals surface area contributed by atoms with Crippen LogP contribution < -0.4 is 0 Å². The summed E-state index contributed by atoms with van der Waals surface area (Å²) in [6.45, 7) is -0.0243. The number of sulfonamides is 1. The largest absolute Gasteiger partial charge is 0.465 e. The first-order valence-electron chi connectivity index (χ1n) is 5.03. The number of hydrogen-bond donors (Lipinski definition) is 0. The Bertz CT molecular complexity index is 556. The van der Waals surface area contributed by atoms with Crippen LogP contribution in [0.1, 0.15) is 15.9 Å². The summed E-state index contributed by atoms with van der Waals surface area (Å²) in [4.78, 5) is 11.5. The van der Waals surface area contributed by atoms with E-state index in [1.54, 1.807) is 0 Å². The van der Waals surface area contributed by atoms with Crippen molar-refractivity contribution in [2.75, 3.05) is 20.4 Å². The van der Waals surface area contributed by atoms with Crippen LogP contribution in [-0.2, 0) is 21.3 Å². The molecule has 18 heavy (non-hydrogen) atoms. The molecular weight excluding hydrogens is 261 g/mol. The van der Waals surface area contributed by atoms with Gasteiger partial charge < -0.3 is 4.74 Å². The summed E-state index contributed by atoms with van der Waals surface area (Å²) in [6, 6.07) is 3.55. The molecular formula is C11H14FNO4S. The van der Waals surface area contributed by atoms with E-state index in [2.05, 4.69) is 4.74 Å². The topological polar surface area (TPSA) is 63.7 Å². The first kappa shape index (κ1) is 14.6. The lowest BCUT2D eigenvalue weighted by Gasteiger charge is -2.16. The van der Waals surface area contributed by atoms with Crippen molar-refractivity contribution in [3.63, 3.8) is 0 Å². The Morgan fingerprint density at radius 1 is 1.44 bits per heavy atom. The number of methoxy groups -OCH3 is 1. The molecule has 0 radical (unpaired) electrons. The Hall–Kier alpha value is -1.47. The van der Waals surface area contributed by atoms with E-state index in [0.29, 0.717) is 5.56 Å². The van der Waals surface area contributed by atoms with Gasteiger partial charge >= 0.3 is 5.97 Å². The second-order valence-electron chi connectivity index (χ2n) is 3.81. The molecule has 0 fully saturated rings. The van der Waals surface area contributed by atoms with Crippen molar-refractivity contribution in [2.24, 2.45) is 0 Å². The zero-order chi connectivity index (χ0) is 13.9. The molecule has 0 N–H and O–H groups in total. The van der Waals surface area contributed by atoms with Crippen LogP contribution in [0.25, 0.3) is 0 Å². The lowest BCUT2D eigenvalue weighted by atomic mass is 10.1. The maximum atomic E-state index is 13.1. The van der Waals surface area contributed by atoms with Crippen LogP contribution in [0.5, 0.6) is 0 Å². The molecule has 100 valence electrons. The van der Waals surface area contributed by atoms with Crippen molar-refractivity contribution in [3.8, 4) is 0 Å². The van der Waals surface area contributed by atoms with E-state index >= 15 is 0 Å². The van der Waals surface area contributed by atoms with Gasteiger partial charge in [-0.2, -0.15) is 0 Å². The lowest BCUT2D eigenvalue weighted by Crippen LogP contribution is -2.26.